The highest BCUT2D eigenvalue weighted by atomic mass is 19.1. The van der Waals surface area contributed by atoms with Crippen molar-refractivity contribution < 1.29 is 9.13 Å². The van der Waals surface area contributed by atoms with Gasteiger partial charge in [-0.25, -0.2) is 4.39 Å². The van der Waals surface area contributed by atoms with Crippen LogP contribution in [0, 0.1) is 12.7 Å². The highest BCUT2D eigenvalue weighted by molar-refractivity contribution is 5.38. The summed E-state index contributed by atoms with van der Waals surface area (Å²) in [7, 11) is 0. The molecule has 23 heavy (non-hydrogen) atoms. The van der Waals surface area contributed by atoms with Crippen LogP contribution in [0.4, 0.5) is 10.2 Å². The number of aromatic nitrogens is 2. The van der Waals surface area contributed by atoms with E-state index in [0.29, 0.717) is 11.4 Å². The van der Waals surface area contributed by atoms with Gasteiger partial charge in [0.1, 0.15) is 12.4 Å². The maximum atomic E-state index is 13.6. The van der Waals surface area contributed by atoms with Gasteiger partial charge in [-0.2, -0.15) is 4.98 Å². The van der Waals surface area contributed by atoms with Crippen LogP contribution >= 0.6 is 0 Å². The van der Waals surface area contributed by atoms with Gasteiger partial charge in [-0.3, -0.25) is 4.98 Å². The minimum absolute atomic E-state index is 0.219. The molecule has 0 unspecified atom stereocenters. The van der Waals surface area contributed by atoms with Gasteiger partial charge in [-0.15, -0.1) is 0 Å². The van der Waals surface area contributed by atoms with Crippen LogP contribution in [0.5, 0.6) is 5.88 Å². The van der Waals surface area contributed by atoms with E-state index in [1.54, 1.807) is 25.4 Å². The molecular weight excluding hydrogens is 295 g/mol. The molecule has 0 aliphatic carbocycles. The maximum absolute atomic E-state index is 13.6. The standard InChI is InChI=1S/C17H21FN4O/c1-13-14(4-2-5-15(13)18)12-23-17-11-20-10-16(21-17)22-8-3-6-19-7-9-22/h2,4-5,10-11,19H,3,6-9,12H2,1H3. The largest absolute Gasteiger partial charge is 0.472 e. The van der Waals surface area contributed by atoms with Crippen molar-refractivity contribution in [2.24, 2.45) is 0 Å². The van der Waals surface area contributed by atoms with Crippen molar-refractivity contribution in [1.82, 2.24) is 15.3 Å². The molecule has 122 valence electrons. The normalized spacial score (nSPS) is 15.3. The fourth-order valence-electron chi connectivity index (χ4n) is 2.60. The average Bonchev–Trinajstić information content (AvgIpc) is 2.86. The zero-order valence-corrected chi connectivity index (χ0v) is 13.3. The van der Waals surface area contributed by atoms with E-state index in [1.165, 1.54) is 6.07 Å². The highest BCUT2D eigenvalue weighted by Crippen LogP contribution is 2.18. The van der Waals surface area contributed by atoms with Crippen LogP contribution in [-0.4, -0.2) is 36.1 Å². The summed E-state index contributed by atoms with van der Waals surface area (Å²) in [5.41, 5.74) is 1.42. The Bertz CT molecular complexity index is 657. The summed E-state index contributed by atoms with van der Waals surface area (Å²) in [4.78, 5) is 10.9. The van der Waals surface area contributed by atoms with Crippen molar-refractivity contribution in [3.63, 3.8) is 0 Å². The fourth-order valence-corrected chi connectivity index (χ4v) is 2.60. The number of hydrogen-bond acceptors (Lipinski definition) is 5. The molecular formula is C17H21FN4O. The first-order chi connectivity index (χ1) is 11.2. The molecule has 0 atom stereocenters. The number of hydrogen-bond donors (Lipinski definition) is 1. The molecule has 0 saturated carbocycles. The molecule has 2 heterocycles. The van der Waals surface area contributed by atoms with E-state index in [1.807, 2.05) is 6.07 Å². The predicted molar refractivity (Wildman–Crippen MR) is 87.2 cm³/mol. The summed E-state index contributed by atoms with van der Waals surface area (Å²) < 4.78 is 19.3. The van der Waals surface area contributed by atoms with Gasteiger partial charge in [0.25, 0.3) is 0 Å². The monoisotopic (exact) mass is 316 g/mol. The van der Waals surface area contributed by atoms with E-state index in [0.717, 1.165) is 44.0 Å². The molecule has 2 aromatic rings. The summed E-state index contributed by atoms with van der Waals surface area (Å²) in [6, 6.07) is 5.00. The number of ether oxygens (including phenoxy) is 1. The minimum Gasteiger partial charge on any atom is -0.472 e. The van der Waals surface area contributed by atoms with Crippen molar-refractivity contribution in [2.45, 2.75) is 20.0 Å². The zero-order chi connectivity index (χ0) is 16.1. The van der Waals surface area contributed by atoms with Crippen LogP contribution in [0.25, 0.3) is 0 Å². The van der Waals surface area contributed by atoms with Crippen LogP contribution in [0.2, 0.25) is 0 Å². The van der Waals surface area contributed by atoms with Crippen LogP contribution in [0.15, 0.2) is 30.6 Å². The summed E-state index contributed by atoms with van der Waals surface area (Å²) in [5.74, 6) is 1.06. The lowest BCUT2D eigenvalue weighted by atomic mass is 10.1. The van der Waals surface area contributed by atoms with Crippen molar-refractivity contribution in [3.8, 4) is 5.88 Å². The molecule has 0 amide bonds. The fraction of sp³-hybridized carbons (Fsp3) is 0.412. The minimum atomic E-state index is -0.219. The Balaban J connectivity index is 1.68. The quantitative estimate of drug-likeness (QED) is 0.938. The van der Waals surface area contributed by atoms with E-state index in [4.69, 9.17) is 4.74 Å². The second-order valence-electron chi connectivity index (χ2n) is 5.62. The number of rotatable bonds is 4. The average molecular weight is 316 g/mol. The highest BCUT2D eigenvalue weighted by Gasteiger charge is 2.12. The topological polar surface area (TPSA) is 50.3 Å². The van der Waals surface area contributed by atoms with Crippen LogP contribution in [0.3, 0.4) is 0 Å². The van der Waals surface area contributed by atoms with Gasteiger partial charge in [-0.05, 0) is 37.1 Å². The number of nitrogens with one attached hydrogen (secondary N) is 1. The molecule has 1 aliphatic rings. The van der Waals surface area contributed by atoms with Crippen molar-refractivity contribution in [3.05, 3.63) is 47.5 Å². The lowest BCUT2D eigenvalue weighted by molar-refractivity contribution is 0.291. The van der Waals surface area contributed by atoms with Gasteiger partial charge >= 0.3 is 0 Å². The molecule has 1 saturated heterocycles. The first kappa shape index (κ1) is 15.7. The maximum Gasteiger partial charge on any atom is 0.234 e. The van der Waals surface area contributed by atoms with Crippen molar-refractivity contribution in [2.75, 3.05) is 31.1 Å². The van der Waals surface area contributed by atoms with Crippen molar-refractivity contribution >= 4 is 5.82 Å². The molecule has 0 radical (unpaired) electrons. The summed E-state index contributed by atoms with van der Waals surface area (Å²) in [6.45, 7) is 5.85. The lowest BCUT2D eigenvalue weighted by Crippen LogP contribution is -2.28. The van der Waals surface area contributed by atoms with E-state index < -0.39 is 0 Å². The summed E-state index contributed by atoms with van der Waals surface area (Å²) >= 11 is 0. The Morgan fingerprint density at radius 2 is 2.17 bits per heavy atom. The molecule has 1 fully saturated rings. The number of anilines is 1. The van der Waals surface area contributed by atoms with Crippen LogP contribution in [0.1, 0.15) is 17.5 Å². The number of halogens is 1. The predicted octanol–water partition coefficient (Wildman–Crippen LogP) is 2.30. The molecule has 1 aromatic heterocycles. The second-order valence-corrected chi connectivity index (χ2v) is 5.62. The molecule has 1 aromatic carbocycles. The van der Waals surface area contributed by atoms with E-state index >= 15 is 0 Å². The Hall–Kier alpha value is -2.21. The van der Waals surface area contributed by atoms with Gasteiger partial charge in [0.2, 0.25) is 5.88 Å². The first-order valence-electron chi connectivity index (χ1n) is 7.88. The molecule has 1 N–H and O–H groups in total. The summed E-state index contributed by atoms with van der Waals surface area (Å²) in [5, 5.41) is 3.36. The van der Waals surface area contributed by atoms with Gasteiger partial charge in [0, 0.05) is 19.6 Å². The Morgan fingerprint density at radius 3 is 3.09 bits per heavy atom. The van der Waals surface area contributed by atoms with E-state index in [2.05, 4.69) is 20.2 Å². The van der Waals surface area contributed by atoms with E-state index in [-0.39, 0.29) is 12.4 Å². The molecule has 3 rings (SSSR count). The Kier molecular flexibility index (Phi) is 5.02. The van der Waals surface area contributed by atoms with Crippen LogP contribution < -0.4 is 15.0 Å². The summed E-state index contributed by atoms with van der Waals surface area (Å²) in [6.07, 6.45) is 4.43. The SMILES string of the molecule is Cc1c(F)cccc1COc1cncc(N2CCCNCC2)n1. The van der Waals surface area contributed by atoms with Crippen LogP contribution in [-0.2, 0) is 6.61 Å². The van der Waals surface area contributed by atoms with Gasteiger partial charge < -0.3 is 15.0 Å². The number of nitrogens with zero attached hydrogens (tertiary/aromatic N) is 3. The third kappa shape index (κ3) is 3.96. The third-order valence-electron chi connectivity index (χ3n) is 4.02. The molecule has 0 spiro atoms. The lowest BCUT2D eigenvalue weighted by Gasteiger charge is -2.20. The molecule has 5 nitrogen and oxygen atoms in total. The smallest absolute Gasteiger partial charge is 0.234 e. The van der Waals surface area contributed by atoms with Gasteiger partial charge in [-0.1, -0.05) is 12.1 Å². The van der Waals surface area contributed by atoms with Gasteiger partial charge in [0.05, 0.1) is 12.4 Å². The zero-order valence-electron chi connectivity index (χ0n) is 13.3. The third-order valence-corrected chi connectivity index (χ3v) is 4.02. The first-order valence-corrected chi connectivity index (χ1v) is 7.88. The Morgan fingerprint density at radius 1 is 1.26 bits per heavy atom. The molecule has 1 aliphatic heterocycles. The molecule has 6 heteroatoms. The van der Waals surface area contributed by atoms with Gasteiger partial charge in [0.15, 0.2) is 5.82 Å². The Labute approximate surface area is 135 Å². The number of benzene rings is 1. The molecule has 0 bridgehead atoms. The van der Waals surface area contributed by atoms with E-state index in [9.17, 15) is 4.39 Å². The van der Waals surface area contributed by atoms with Crippen molar-refractivity contribution in [1.29, 1.82) is 0 Å². The second kappa shape index (κ2) is 7.37.